The summed E-state index contributed by atoms with van der Waals surface area (Å²) in [6.07, 6.45) is 2.90. The molecule has 4 heteroatoms. The summed E-state index contributed by atoms with van der Waals surface area (Å²) in [4.78, 5) is 0. The molecule has 19 heavy (non-hydrogen) atoms. The summed E-state index contributed by atoms with van der Waals surface area (Å²) in [5, 5.41) is 8.23. The van der Waals surface area contributed by atoms with Crippen LogP contribution >= 0.6 is 11.6 Å². The van der Waals surface area contributed by atoms with Crippen LogP contribution < -0.4 is 5.73 Å². The predicted molar refractivity (Wildman–Crippen MR) is 80.7 cm³/mol. The van der Waals surface area contributed by atoms with Crippen LogP contribution in [0.5, 0.6) is 0 Å². The number of benzene rings is 1. The Morgan fingerprint density at radius 3 is 2.63 bits per heavy atom. The van der Waals surface area contributed by atoms with Gasteiger partial charge in [-0.15, -0.1) is 0 Å². The van der Waals surface area contributed by atoms with Crippen molar-refractivity contribution >= 4 is 17.4 Å². The number of nitrogens with one attached hydrogen (secondary N) is 1. The molecule has 3 nitrogen and oxygen atoms in total. The predicted octanol–water partition coefficient (Wildman–Crippen LogP) is 3.99. The van der Waals surface area contributed by atoms with Crippen LogP contribution in [0, 0.1) is 10.8 Å². The van der Waals surface area contributed by atoms with Gasteiger partial charge in [-0.2, -0.15) is 0 Å². The molecular weight excluding hydrogens is 260 g/mol. The third kappa shape index (κ3) is 5.62. The molecule has 0 aliphatic rings. The van der Waals surface area contributed by atoms with Crippen molar-refractivity contribution in [1.82, 2.24) is 0 Å². The summed E-state index contributed by atoms with van der Waals surface area (Å²) >= 11 is 6.04. The molecule has 3 N–H and O–H groups in total. The molecule has 0 aromatic heterocycles. The molecule has 0 saturated carbocycles. The van der Waals surface area contributed by atoms with Crippen molar-refractivity contribution in [1.29, 1.82) is 5.41 Å². The summed E-state index contributed by atoms with van der Waals surface area (Å²) in [7, 11) is 0. The fraction of sp³-hybridized carbons (Fsp3) is 0.533. The van der Waals surface area contributed by atoms with Gasteiger partial charge in [0.25, 0.3) is 0 Å². The van der Waals surface area contributed by atoms with Crippen LogP contribution in [0.4, 0.5) is 0 Å². The zero-order valence-electron chi connectivity index (χ0n) is 11.7. The molecule has 0 fully saturated rings. The van der Waals surface area contributed by atoms with Gasteiger partial charge in [-0.05, 0) is 24.5 Å². The van der Waals surface area contributed by atoms with Gasteiger partial charge < -0.3 is 10.5 Å². The minimum absolute atomic E-state index is 0.206. The molecule has 0 amide bonds. The Hall–Kier alpha value is -1.06. The van der Waals surface area contributed by atoms with Crippen LogP contribution in [0.1, 0.15) is 38.7 Å². The van der Waals surface area contributed by atoms with Crippen molar-refractivity contribution in [3.05, 3.63) is 34.9 Å². The third-order valence-electron chi connectivity index (χ3n) is 3.28. The maximum atomic E-state index is 7.48. The second-order valence-corrected chi connectivity index (χ2v) is 5.81. The maximum Gasteiger partial charge on any atom is 0.0963 e. The Morgan fingerprint density at radius 2 is 2.00 bits per heavy atom. The largest absolute Gasteiger partial charge is 0.387 e. The van der Waals surface area contributed by atoms with E-state index in [9.17, 15) is 0 Å². The Bertz CT molecular complexity index is 418. The molecule has 0 spiro atoms. The summed E-state index contributed by atoms with van der Waals surface area (Å²) in [5.41, 5.74) is 6.36. The van der Waals surface area contributed by atoms with Gasteiger partial charge in [-0.1, -0.05) is 50.1 Å². The molecule has 0 aliphatic carbocycles. The zero-order valence-corrected chi connectivity index (χ0v) is 12.5. The van der Waals surface area contributed by atoms with Crippen LogP contribution in [0.25, 0.3) is 0 Å². The first-order valence-electron chi connectivity index (χ1n) is 6.59. The molecule has 1 aromatic carbocycles. The van der Waals surface area contributed by atoms with Crippen molar-refractivity contribution < 1.29 is 4.74 Å². The van der Waals surface area contributed by atoms with Crippen molar-refractivity contribution in [3.8, 4) is 0 Å². The highest BCUT2D eigenvalue weighted by Crippen LogP contribution is 2.22. The van der Waals surface area contributed by atoms with E-state index in [0.717, 1.165) is 29.8 Å². The summed E-state index contributed by atoms with van der Waals surface area (Å²) in [5.74, 6) is 0.254. The SMILES string of the molecule is CC(C)(CCCCOCc1ccccc1Cl)C(=N)N. The molecule has 1 rings (SSSR count). The van der Waals surface area contributed by atoms with E-state index in [1.54, 1.807) is 0 Å². The minimum atomic E-state index is -0.206. The van der Waals surface area contributed by atoms with Crippen LogP contribution in [0.2, 0.25) is 5.02 Å². The van der Waals surface area contributed by atoms with Gasteiger partial charge in [0.2, 0.25) is 0 Å². The summed E-state index contributed by atoms with van der Waals surface area (Å²) in [6, 6.07) is 7.71. The number of hydrogen-bond donors (Lipinski definition) is 2. The highest BCUT2D eigenvalue weighted by atomic mass is 35.5. The quantitative estimate of drug-likeness (QED) is 0.430. The van der Waals surface area contributed by atoms with Crippen molar-refractivity contribution in [2.75, 3.05) is 6.61 Å². The smallest absolute Gasteiger partial charge is 0.0963 e. The summed E-state index contributed by atoms with van der Waals surface area (Å²) in [6.45, 7) is 5.26. The van der Waals surface area contributed by atoms with Gasteiger partial charge in [-0.25, -0.2) is 0 Å². The molecule has 0 radical (unpaired) electrons. The molecule has 0 bridgehead atoms. The van der Waals surface area contributed by atoms with Gasteiger partial charge in [-0.3, -0.25) is 5.41 Å². The van der Waals surface area contributed by atoms with Crippen molar-refractivity contribution in [2.45, 2.75) is 39.7 Å². The number of halogens is 1. The minimum Gasteiger partial charge on any atom is -0.387 e. The Morgan fingerprint density at radius 1 is 1.32 bits per heavy atom. The topological polar surface area (TPSA) is 59.1 Å². The Kier molecular flexibility index (Phi) is 6.32. The molecule has 0 aliphatic heterocycles. The first kappa shape index (κ1) is 16.0. The van der Waals surface area contributed by atoms with E-state index in [2.05, 4.69) is 0 Å². The van der Waals surface area contributed by atoms with Crippen LogP contribution in [-0.2, 0) is 11.3 Å². The second-order valence-electron chi connectivity index (χ2n) is 5.40. The van der Waals surface area contributed by atoms with E-state index in [4.69, 9.17) is 27.5 Å². The van der Waals surface area contributed by atoms with Crippen LogP contribution in [-0.4, -0.2) is 12.4 Å². The molecule has 0 saturated heterocycles. The van der Waals surface area contributed by atoms with Gasteiger partial charge in [0, 0.05) is 17.0 Å². The zero-order chi connectivity index (χ0) is 14.3. The third-order valence-corrected chi connectivity index (χ3v) is 3.65. The fourth-order valence-corrected chi connectivity index (χ4v) is 1.89. The van der Waals surface area contributed by atoms with E-state index in [0.29, 0.717) is 13.2 Å². The van der Waals surface area contributed by atoms with Gasteiger partial charge in [0.15, 0.2) is 0 Å². The van der Waals surface area contributed by atoms with E-state index >= 15 is 0 Å². The lowest BCUT2D eigenvalue weighted by Gasteiger charge is -2.22. The number of unbranched alkanes of at least 4 members (excludes halogenated alkanes) is 1. The van der Waals surface area contributed by atoms with Crippen molar-refractivity contribution in [2.24, 2.45) is 11.1 Å². The highest BCUT2D eigenvalue weighted by Gasteiger charge is 2.20. The second kappa shape index (κ2) is 7.51. The monoisotopic (exact) mass is 282 g/mol. The van der Waals surface area contributed by atoms with E-state index in [-0.39, 0.29) is 11.3 Å². The molecule has 0 unspecified atom stereocenters. The Balaban J connectivity index is 2.16. The normalized spacial score (nSPS) is 11.5. The van der Waals surface area contributed by atoms with Gasteiger partial charge in [0.05, 0.1) is 12.4 Å². The molecule has 0 atom stereocenters. The molecule has 0 heterocycles. The maximum absolute atomic E-state index is 7.48. The lowest BCUT2D eigenvalue weighted by Crippen LogP contribution is -2.30. The molecule has 1 aromatic rings. The lowest BCUT2D eigenvalue weighted by atomic mass is 9.86. The number of rotatable bonds is 8. The standard InChI is InChI=1S/C15H23ClN2O/c1-15(2,14(17)18)9-5-6-10-19-11-12-7-3-4-8-13(12)16/h3-4,7-8H,5-6,9-11H2,1-2H3,(H3,17,18). The Labute approximate surface area is 120 Å². The highest BCUT2D eigenvalue weighted by molar-refractivity contribution is 6.31. The average Bonchev–Trinajstić information content (AvgIpc) is 2.35. The van der Waals surface area contributed by atoms with Gasteiger partial charge in [0.1, 0.15) is 0 Å². The number of ether oxygens (including phenoxy) is 1. The average molecular weight is 283 g/mol. The number of hydrogen-bond acceptors (Lipinski definition) is 2. The summed E-state index contributed by atoms with van der Waals surface area (Å²) < 4.78 is 5.61. The van der Waals surface area contributed by atoms with Gasteiger partial charge >= 0.3 is 0 Å². The van der Waals surface area contributed by atoms with E-state index in [1.165, 1.54) is 0 Å². The molecule has 106 valence electrons. The fourth-order valence-electron chi connectivity index (χ4n) is 1.70. The van der Waals surface area contributed by atoms with E-state index in [1.807, 2.05) is 38.1 Å². The first-order chi connectivity index (χ1) is 8.93. The van der Waals surface area contributed by atoms with Crippen LogP contribution in [0.3, 0.4) is 0 Å². The van der Waals surface area contributed by atoms with Crippen molar-refractivity contribution in [3.63, 3.8) is 0 Å². The first-order valence-corrected chi connectivity index (χ1v) is 6.97. The number of nitrogens with two attached hydrogens (primary N) is 1. The number of amidine groups is 1. The lowest BCUT2D eigenvalue weighted by molar-refractivity contribution is 0.115. The van der Waals surface area contributed by atoms with E-state index < -0.39 is 0 Å². The molecular formula is C15H23ClN2O. The van der Waals surface area contributed by atoms with Crippen LogP contribution in [0.15, 0.2) is 24.3 Å².